The zero-order valence-electron chi connectivity index (χ0n) is 16.2. The van der Waals surface area contributed by atoms with Crippen LogP contribution < -0.4 is 9.46 Å². The normalized spacial score (nSPS) is 21.4. The topological polar surface area (TPSA) is 85.1 Å². The Labute approximate surface area is 182 Å². The van der Waals surface area contributed by atoms with Crippen LogP contribution >= 0.6 is 23.5 Å². The fourth-order valence-electron chi connectivity index (χ4n) is 3.62. The van der Waals surface area contributed by atoms with Gasteiger partial charge in [0.15, 0.2) is 0 Å². The van der Waals surface area contributed by atoms with Crippen molar-refractivity contribution < 1.29 is 14.2 Å². The van der Waals surface area contributed by atoms with Crippen LogP contribution in [0, 0.1) is 5.82 Å². The van der Waals surface area contributed by atoms with E-state index in [0.717, 1.165) is 17.6 Å². The van der Waals surface area contributed by atoms with Gasteiger partial charge in [0.05, 0.1) is 16.0 Å². The first-order valence-corrected chi connectivity index (χ1v) is 10.7. The molecule has 2 aromatic heterocycles. The number of aliphatic hydroxyl groups excluding tert-OH is 1. The van der Waals surface area contributed by atoms with Gasteiger partial charge in [-0.05, 0) is 49.4 Å². The maximum Gasteiger partial charge on any atom is 0.142 e. The number of nitrogens with zero attached hydrogens (tertiary/aromatic N) is 4. The number of hydrogen-bond acceptors (Lipinski definition) is 7. The molecule has 3 atom stereocenters. The molecule has 1 aliphatic rings. The maximum absolute atomic E-state index is 14.7. The second kappa shape index (κ2) is 9.20. The van der Waals surface area contributed by atoms with Crippen molar-refractivity contribution in [3.8, 4) is 5.75 Å². The summed E-state index contributed by atoms with van der Waals surface area (Å²) in [5, 5.41) is 14.7. The second-order valence-corrected chi connectivity index (χ2v) is 8.38. The fraction of sp³-hybridized carbons (Fsp3) is 0.350. The number of ether oxygens (including phenoxy) is 1. The van der Waals surface area contributed by atoms with Gasteiger partial charge in [-0.25, -0.2) is 14.4 Å². The van der Waals surface area contributed by atoms with Gasteiger partial charge in [0.2, 0.25) is 0 Å². The third-order valence-electron chi connectivity index (χ3n) is 5.11. The van der Waals surface area contributed by atoms with E-state index in [4.69, 9.17) is 16.3 Å². The number of rotatable bonds is 6. The van der Waals surface area contributed by atoms with Gasteiger partial charge in [-0.1, -0.05) is 11.6 Å². The molecule has 0 amide bonds. The number of hydrogen-bond donors (Lipinski definition) is 2. The van der Waals surface area contributed by atoms with E-state index >= 15 is 0 Å². The summed E-state index contributed by atoms with van der Waals surface area (Å²) in [7, 11) is 1.86. The number of halogens is 2. The third-order valence-corrected chi connectivity index (χ3v) is 6.25. The highest BCUT2D eigenvalue weighted by atomic mass is 35.5. The van der Waals surface area contributed by atoms with Crippen LogP contribution in [0.1, 0.15) is 30.9 Å². The molecule has 30 heavy (non-hydrogen) atoms. The molecular formula is C20H21ClFN5O2S. The summed E-state index contributed by atoms with van der Waals surface area (Å²) in [5.41, 5.74) is 0.969. The van der Waals surface area contributed by atoms with Gasteiger partial charge in [0.1, 0.15) is 29.8 Å². The maximum atomic E-state index is 14.7. The van der Waals surface area contributed by atoms with Crippen LogP contribution in [-0.4, -0.2) is 37.1 Å². The fourth-order valence-corrected chi connectivity index (χ4v) is 4.56. The van der Waals surface area contributed by atoms with Crippen molar-refractivity contribution in [1.29, 1.82) is 0 Å². The number of nitrogens with one attached hydrogen (secondary N) is 1. The summed E-state index contributed by atoms with van der Waals surface area (Å²) in [6.07, 6.45) is 5.90. The molecule has 1 fully saturated rings. The predicted molar refractivity (Wildman–Crippen MR) is 113 cm³/mol. The quantitative estimate of drug-likeness (QED) is 0.545. The Morgan fingerprint density at radius 2 is 2.17 bits per heavy atom. The van der Waals surface area contributed by atoms with Gasteiger partial charge in [-0.2, -0.15) is 5.10 Å². The van der Waals surface area contributed by atoms with Crippen molar-refractivity contribution in [3.63, 3.8) is 0 Å². The number of anilines is 1. The average molecular weight is 450 g/mol. The summed E-state index contributed by atoms with van der Waals surface area (Å²) in [4.78, 5) is 8.20. The van der Waals surface area contributed by atoms with Crippen molar-refractivity contribution in [2.75, 3.05) is 4.72 Å². The Balaban J connectivity index is 1.50. The van der Waals surface area contributed by atoms with Crippen molar-refractivity contribution in [1.82, 2.24) is 19.7 Å². The largest absolute Gasteiger partial charge is 0.488 e. The molecule has 0 bridgehead atoms. The molecule has 0 saturated heterocycles. The van der Waals surface area contributed by atoms with Crippen LogP contribution in [0.15, 0.2) is 47.9 Å². The minimum absolute atomic E-state index is 0.0612. The standard InChI is InChI=1S/C20H21ClFN5O2S/c1-27-16(4-7-25-27)13-8-12(28)2-3-17(13)29-18-10-15(22)19(9-14(18)21)30-26-20-5-6-23-11-24-20/h4-7,9-13,17,28H,2-3,8H2,1H3,(H,23,24,26)/t12?,13-,17?/m0/s1. The number of aromatic nitrogens is 4. The SMILES string of the molecule is Cn1nccc1[C@@H]1CC(O)CCC1Oc1cc(F)c(SNc2ccncn2)cc1Cl. The molecule has 1 aliphatic carbocycles. The molecule has 2 unspecified atom stereocenters. The predicted octanol–water partition coefficient (Wildman–Crippen LogP) is 4.20. The molecule has 2 N–H and O–H groups in total. The monoisotopic (exact) mass is 449 g/mol. The zero-order valence-corrected chi connectivity index (χ0v) is 17.8. The Hall–Kier alpha value is -2.36. The van der Waals surface area contributed by atoms with Crippen LogP contribution in [0.4, 0.5) is 10.2 Å². The number of aliphatic hydroxyl groups is 1. The highest BCUT2D eigenvalue weighted by molar-refractivity contribution is 8.00. The highest BCUT2D eigenvalue weighted by Crippen LogP contribution is 2.39. The lowest BCUT2D eigenvalue weighted by Gasteiger charge is -2.34. The number of benzene rings is 1. The highest BCUT2D eigenvalue weighted by Gasteiger charge is 2.34. The van der Waals surface area contributed by atoms with E-state index in [0.29, 0.717) is 35.0 Å². The molecule has 0 aliphatic heterocycles. The Kier molecular flexibility index (Phi) is 6.40. The first-order chi connectivity index (χ1) is 14.5. The molecule has 1 aromatic carbocycles. The molecule has 158 valence electrons. The Bertz CT molecular complexity index is 1010. The van der Waals surface area contributed by atoms with Crippen LogP contribution in [0.25, 0.3) is 0 Å². The van der Waals surface area contributed by atoms with E-state index < -0.39 is 11.9 Å². The Morgan fingerprint density at radius 3 is 2.90 bits per heavy atom. The lowest BCUT2D eigenvalue weighted by molar-refractivity contribution is 0.0462. The van der Waals surface area contributed by atoms with Crippen LogP contribution in [0.3, 0.4) is 0 Å². The lowest BCUT2D eigenvalue weighted by atomic mass is 9.82. The van der Waals surface area contributed by atoms with Gasteiger partial charge in [0.25, 0.3) is 0 Å². The van der Waals surface area contributed by atoms with Gasteiger partial charge < -0.3 is 14.6 Å². The molecular weight excluding hydrogens is 429 g/mol. The van der Waals surface area contributed by atoms with E-state index in [1.807, 2.05) is 13.1 Å². The molecule has 0 radical (unpaired) electrons. The molecule has 3 aromatic rings. The zero-order chi connectivity index (χ0) is 21.1. The minimum atomic E-state index is -0.450. The van der Waals surface area contributed by atoms with E-state index in [-0.39, 0.29) is 17.8 Å². The summed E-state index contributed by atoms with van der Waals surface area (Å²) < 4.78 is 25.6. The molecule has 4 rings (SSSR count). The molecule has 10 heteroatoms. The van der Waals surface area contributed by atoms with Gasteiger partial charge in [0, 0.05) is 37.1 Å². The van der Waals surface area contributed by atoms with E-state index in [9.17, 15) is 9.50 Å². The van der Waals surface area contributed by atoms with Crippen molar-refractivity contribution in [2.45, 2.75) is 42.3 Å². The molecule has 1 saturated carbocycles. The van der Waals surface area contributed by atoms with E-state index in [1.165, 1.54) is 18.5 Å². The second-order valence-electron chi connectivity index (χ2n) is 7.12. The summed E-state index contributed by atoms with van der Waals surface area (Å²) >= 11 is 7.48. The summed E-state index contributed by atoms with van der Waals surface area (Å²) in [6.45, 7) is 0. The lowest BCUT2D eigenvalue weighted by Crippen LogP contribution is -2.35. The summed E-state index contributed by atoms with van der Waals surface area (Å²) in [5.74, 6) is 0.336. The average Bonchev–Trinajstić information content (AvgIpc) is 3.17. The smallest absolute Gasteiger partial charge is 0.142 e. The van der Waals surface area contributed by atoms with Gasteiger partial charge in [-0.15, -0.1) is 0 Å². The first-order valence-electron chi connectivity index (χ1n) is 9.52. The third kappa shape index (κ3) is 4.69. The van der Waals surface area contributed by atoms with Crippen molar-refractivity contribution in [2.24, 2.45) is 7.05 Å². The van der Waals surface area contributed by atoms with Crippen LogP contribution in [-0.2, 0) is 7.05 Å². The minimum Gasteiger partial charge on any atom is -0.488 e. The van der Waals surface area contributed by atoms with Crippen LogP contribution in [0.2, 0.25) is 5.02 Å². The van der Waals surface area contributed by atoms with E-state index in [1.54, 1.807) is 23.1 Å². The summed E-state index contributed by atoms with van der Waals surface area (Å²) in [6, 6.07) is 6.43. The van der Waals surface area contributed by atoms with Crippen LogP contribution in [0.5, 0.6) is 5.75 Å². The molecule has 0 spiro atoms. The van der Waals surface area contributed by atoms with E-state index in [2.05, 4.69) is 19.8 Å². The molecule has 2 heterocycles. The van der Waals surface area contributed by atoms with Gasteiger partial charge >= 0.3 is 0 Å². The Morgan fingerprint density at radius 1 is 1.30 bits per heavy atom. The van der Waals surface area contributed by atoms with Crippen molar-refractivity contribution in [3.05, 3.63) is 59.5 Å². The molecule has 7 nitrogen and oxygen atoms in total. The first kappa shape index (κ1) is 20.9. The van der Waals surface area contributed by atoms with Gasteiger partial charge in [-0.3, -0.25) is 4.68 Å². The van der Waals surface area contributed by atoms with Crippen molar-refractivity contribution >= 4 is 29.4 Å². The number of aryl methyl sites for hydroxylation is 1.